The van der Waals surface area contributed by atoms with Crippen molar-refractivity contribution < 1.29 is 0 Å². The van der Waals surface area contributed by atoms with E-state index < -0.39 is 0 Å². The number of hydrogen-bond donors (Lipinski definition) is 1. The second-order valence-electron chi connectivity index (χ2n) is 3.56. The van der Waals surface area contributed by atoms with Crippen molar-refractivity contribution in [3.63, 3.8) is 0 Å². The minimum absolute atomic E-state index is 0.277. The maximum Gasteiger partial charge on any atom is 0.0297 e. The lowest BCUT2D eigenvalue weighted by Gasteiger charge is -2.22. The summed E-state index contributed by atoms with van der Waals surface area (Å²) < 4.78 is 0. The molecule has 0 saturated carbocycles. The second kappa shape index (κ2) is 3.72. The van der Waals surface area contributed by atoms with E-state index >= 15 is 0 Å². The van der Waals surface area contributed by atoms with E-state index in [4.69, 9.17) is 5.73 Å². The first-order chi connectivity index (χ1) is 6.31. The van der Waals surface area contributed by atoms with Gasteiger partial charge in [0.15, 0.2) is 0 Å². The van der Waals surface area contributed by atoms with Crippen LogP contribution in [0.2, 0.25) is 0 Å². The van der Waals surface area contributed by atoms with Gasteiger partial charge in [-0.1, -0.05) is 6.07 Å². The molecule has 1 aromatic carbocycles. The molecule has 2 heteroatoms. The van der Waals surface area contributed by atoms with Gasteiger partial charge in [0.2, 0.25) is 0 Å². The second-order valence-corrected chi connectivity index (χ2v) is 4.44. The molecule has 0 bridgehead atoms. The predicted octanol–water partition coefficient (Wildman–Crippen LogP) is 2.74. The van der Waals surface area contributed by atoms with E-state index in [0.717, 1.165) is 6.42 Å². The van der Waals surface area contributed by atoms with Crippen LogP contribution in [0.4, 0.5) is 0 Å². The Labute approximate surface area is 83.7 Å². The fraction of sp³-hybridized carbons (Fsp3) is 0.455. The first-order valence-corrected chi connectivity index (χ1v) is 5.96. The van der Waals surface area contributed by atoms with Gasteiger partial charge < -0.3 is 5.73 Å². The zero-order chi connectivity index (χ0) is 9.26. The van der Waals surface area contributed by atoms with E-state index in [1.165, 1.54) is 28.9 Å². The number of hydrogen-bond acceptors (Lipinski definition) is 2. The van der Waals surface area contributed by atoms with Crippen molar-refractivity contribution in [2.45, 2.75) is 30.2 Å². The molecule has 0 radical (unpaired) electrons. The van der Waals surface area contributed by atoms with Gasteiger partial charge in [0.05, 0.1) is 0 Å². The summed E-state index contributed by atoms with van der Waals surface area (Å²) >= 11 is 1.80. The maximum atomic E-state index is 6.03. The summed E-state index contributed by atoms with van der Waals surface area (Å²) in [4.78, 5) is 1.35. The smallest absolute Gasteiger partial charge is 0.0297 e. The Kier molecular flexibility index (Phi) is 2.61. The highest BCUT2D eigenvalue weighted by atomic mass is 32.2. The number of aryl methyl sites for hydroxylation is 1. The molecule has 1 aromatic rings. The molecule has 1 aliphatic carbocycles. The van der Waals surface area contributed by atoms with Crippen LogP contribution in [0.15, 0.2) is 23.1 Å². The zero-order valence-electron chi connectivity index (χ0n) is 7.92. The number of rotatable bonds is 1. The average Bonchev–Trinajstić information content (AvgIpc) is 2.18. The van der Waals surface area contributed by atoms with Crippen molar-refractivity contribution in [2.75, 3.05) is 6.26 Å². The predicted molar refractivity (Wildman–Crippen MR) is 58.1 cm³/mol. The standard InChI is InChI=1S/C11H15NS/c1-13-9-5-6-10-8(7-9)3-2-4-11(10)12/h5-7,11H,2-4,12H2,1H3/t11-/m0/s1. The van der Waals surface area contributed by atoms with Crippen molar-refractivity contribution in [1.82, 2.24) is 0 Å². The number of fused-ring (bicyclic) bond motifs is 1. The monoisotopic (exact) mass is 193 g/mol. The van der Waals surface area contributed by atoms with Gasteiger partial charge in [-0.25, -0.2) is 0 Å². The van der Waals surface area contributed by atoms with Gasteiger partial charge in [0.25, 0.3) is 0 Å². The quantitative estimate of drug-likeness (QED) is 0.694. The van der Waals surface area contributed by atoms with Crippen LogP contribution in [0.1, 0.15) is 30.0 Å². The summed E-state index contributed by atoms with van der Waals surface area (Å²) in [6.07, 6.45) is 5.71. The fourth-order valence-electron chi connectivity index (χ4n) is 1.96. The van der Waals surface area contributed by atoms with Crippen LogP contribution in [0.25, 0.3) is 0 Å². The van der Waals surface area contributed by atoms with Crippen LogP contribution in [-0.4, -0.2) is 6.26 Å². The normalized spacial score (nSPS) is 21.2. The van der Waals surface area contributed by atoms with Crippen molar-refractivity contribution >= 4 is 11.8 Å². The van der Waals surface area contributed by atoms with Crippen molar-refractivity contribution in [2.24, 2.45) is 5.73 Å². The Morgan fingerprint density at radius 2 is 2.31 bits per heavy atom. The van der Waals surface area contributed by atoms with Gasteiger partial charge in [0.1, 0.15) is 0 Å². The summed E-state index contributed by atoms with van der Waals surface area (Å²) in [5.41, 5.74) is 8.86. The molecular formula is C11H15NS. The Morgan fingerprint density at radius 3 is 3.08 bits per heavy atom. The van der Waals surface area contributed by atoms with Crippen LogP contribution >= 0.6 is 11.8 Å². The first kappa shape index (κ1) is 9.10. The molecule has 2 rings (SSSR count). The van der Waals surface area contributed by atoms with E-state index in [2.05, 4.69) is 24.5 Å². The van der Waals surface area contributed by atoms with E-state index in [-0.39, 0.29) is 6.04 Å². The van der Waals surface area contributed by atoms with E-state index in [1.807, 2.05) is 0 Å². The average molecular weight is 193 g/mol. The molecule has 0 aromatic heterocycles. The maximum absolute atomic E-state index is 6.03. The van der Waals surface area contributed by atoms with Crippen LogP contribution in [-0.2, 0) is 6.42 Å². The largest absolute Gasteiger partial charge is 0.324 e. The van der Waals surface area contributed by atoms with E-state index in [0.29, 0.717) is 0 Å². The minimum Gasteiger partial charge on any atom is -0.324 e. The van der Waals surface area contributed by atoms with Crippen molar-refractivity contribution in [3.8, 4) is 0 Å². The SMILES string of the molecule is CSc1ccc2c(c1)CCC[C@@H]2N. The molecule has 1 nitrogen and oxygen atoms in total. The highest BCUT2D eigenvalue weighted by molar-refractivity contribution is 7.98. The molecule has 70 valence electrons. The Balaban J connectivity index is 2.39. The number of benzene rings is 1. The van der Waals surface area contributed by atoms with Crippen LogP contribution < -0.4 is 5.73 Å². The third-order valence-electron chi connectivity index (χ3n) is 2.71. The van der Waals surface area contributed by atoms with Gasteiger partial charge in [-0.3, -0.25) is 0 Å². The lowest BCUT2D eigenvalue weighted by atomic mass is 9.88. The summed E-state index contributed by atoms with van der Waals surface area (Å²) in [5, 5.41) is 0. The Hall–Kier alpha value is -0.470. The van der Waals surface area contributed by atoms with Crippen LogP contribution in [0.3, 0.4) is 0 Å². The topological polar surface area (TPSA) is 26.0 Å². The molecular weight excluding hydrogens is 178 g/mol. The molecule has 0 aliphatic heterocycles. The molecule has 1 atom stereocenters. The van der Waals surface area contributed by atoms with Gasteiger partial charge in [-0.15, -0.1) is 11.8 Å². The Morgan fingerprint density at radius 1 is 1.46 bits per heavy atom. The molecule has 0 unspecified atom stereocenters. The lowest BCUT2D eigenvalue weighted by molar-refractivity contribution is 0.569. The van der Waals surface area contributed by atoms with Gasteiger partial charge in [0, 0.05) is 10.9 Å². The van der Waals surface area contributed by atoms with Crippen molar-refractivity contribution in [3.05, 3.63) is 29.3 Å². The van der Waals surface area contributed by atoms with Gasteiger partial charge >= 0.3 is 0 Å². The molecule has 2 N–H and O–H groups in total. The number of nitrogens with two attached hydrogens (primary N) is 1. The lowest BCUT2D eigenvalue weighted by Crippen LogP contribution is -2.17. The van der Waals surface area contributed by atoms with Crippen LogP contribution in [0.5, 0.6) is 0 Å². The summed E-state index contributed by atoms with van der Waals surface area (Å²) in [7, 11) is 0. The van der Waals surface area contributed by atoms with E-state index in [9.17, 15) is 0 Å². The highest BCUT2D eigenvalue weighted by Crippen LogP contribution is 2.30. The van der Waals surface area contributed by atoms with Gasteiger partial charge in [-0.2, -0.15) is 0 Å². The summed E-state index contributed by atoms with van der Waals surface area (Å²) in [6, 6.07) is 6.94. The summed E-state index contributed by atoms with van der Waals surface area (Å²) in [6.45, 7) is 0. The molecule has 0 amide bonds. The molecule has 0 saturated heterocycles. The highest BCUT2D eigenvalue weighted by Gasteiger charge is 2.16. The molecule has 1 aliphatic rings. The van der Waals surface area contributed by atoms with Crippen LogP contribution in [0, 0.1) is 0 Å². The number of thioether (sulfide) groups is 1. The van der Waals surface area contributed by atoms with E-state index in [1.54, 1.807) is 11.8 Å². The third-order valence-corrected chi connectivity index (χ3v) is 3.44. The zero-order valence-corrected chi connectivity index (χ0v) is 8.73. The summed E-state index contributed by atoms with van der Waals surface area (Å²) in [5.74, 6) is 0. The minimum atomic E-state index is 0.277. The molecule has 0 spiro atoms. The third kappa shape index (κ3) is 1.74. The van der Waals surface area contributed by atoms with Gasteiger partial charge in [-0.05, 0) is 48.8 Å². The van der Waals surface area contributed by atoms with Crippen molar-refractivity contribution in [1.29, 1.82) is 0 Å². The molecule has 13 heavy (non-hydrogen) atoms. The molecule has 0 fully saturated rings. The Bertz CT molecular complexity index is 309. The first-order valence-electron chi connectivity index (χ1n) is 4.73. The fourth-order valence-corrected chi connectivity index (χ4v) is 2.42. The molecule has 0 heterocycles.